The van der Waals surface area contributed by atoms with Crippen molar-refractivity contribution in [1.82, 2.24) is 5.32 Å². The average molecular weight is 242 g/mol. The minimum absolute atomic E-state index is 0.395. The highest BCUT2D eigenvalue weighted by molar-refractivity contribution is 5.93. The molecule has 0 spiro atoms. The van der Waals surface area contributed by atoms with Crippen LogP contribution in [0.2, 0.25) is 0 Å². The zero-order valence-electron chi connectivity index (χ0n) is 10.6. The van der Waals surface area contributed by atoms with Gasteiger partial charge < -0.3 is 15.4 Å². The van der Waals surface area contributed by atoms with Crippen LogP contribution >= 0.6 is 0 Å². The van der Waals surface area contributed by atoms with E-state index in [1.165, 1.54) is 10.8 Å². The van der Waals surface area contributed by atoms with Crippen LogP contribution in [-0.4, -0.2) is 26.2 Å². The Morgan fingerprint density at radius 3 is 3.06 bits per heavy atom. The third-order valence-electron chi connectivity index (χ3n) is 3.41. The Kier molecular flexibility index (Phi) is 3.07. The number of anilines is 1. The third-order valence-corrected chi connectivity index (χ3v) is 3.41. The van der Waals surface area contributed by atoms with Crippen molar-refractivity contribution in [2.24, 2.45) is 0 Å². The van der Waals surface area contributed by atoms with Gasteiger partial charge in [-0.2, -0.15) is 0 Å². The molecule has 18 heavy (non-hydrogen) atoms. The van der Waals surface area contributed by atoms with Crippen molar-refractivity contribution in [2.75, 3.05) is 25.5 Å². The molecule has 1 atom stereocenters. The van der Waals surface area contributed by atoms with E-state index in [1.807, 2.05) is 7.05 Å². The SMILES string of the molecule is CNCCC1COc2c(ccc3ccccc23)N1. The molecule has 3 nitrogen and oxygen atoms in total. The molecule has 0 bridgehead atoms. The summed E-state index contributed by atoms with van der Waals surface area (Å²) in [6, 6.07) is 13.0. The summed E-state index contributed by atoms with van der Waals surface area (Å²) in [6.07, 6.45) is 1.07. The molecule has 0 aromatic heterocycles. The minimum Gasteiger partial charge on any atom is -0.489 e. The predicted molar refractivity (Wildman–Crippen MR) is 75.4 cm³/mol. The van der Waals surface area contributed by atoms with Crippen LogP contribution in [0, 0.1) is 0 Å². The van der Waals surface area contributed by atoms with Crippen LogP contribution in [0.25, 0.3) is 10.8 Å². The molecule has 1 aliphatic rings. The number of rotatable bonds is 3. The lowest BCUT2D eigenvalue weighted by molar-refractivity contribution is 0.281. The highest BCUT2D eigenvalue weighted by Gasteiger charge is 2.19. The topological polar surface area (TPSA) is 33.3 Å². The normalized spacial score (nSPS) is 17.9. The van der Waals surface area contributed by atoms with E-state index in [0.717, 1.165) is 31.0 Å². The van der Waals surface area contributed by atoms with E-state index >= 15 is 0 Å². The van der Waals surface area contributed by atoms with Crippen molar-refractivity contribution >= 4 is 16.5 Å². The maximum atomic E-state index is 5.96. The van der Waals surface area contributed by atoms with Crippen LogP contribution < -0.4 is 15.4 Å². The van der Waals surface area contributed by atoms with Crippen LogP contribution in [-0.2, 0) is 0 Å². The summed E-state index contributed by atoms with van der Waals surface area (Å²) in [5.41, 5.74) is 1.11. The van der Waals surface area contributed by atoms with Crippen LogP contribution in [0.4, 0.5) is 5.69 Å². The van der Waals surface area contributed by atoms with E-state index in [4.69, 9.17) is 4.74 Å². The molecule has 0 aliphatic carbocycles. The Hall–Kier alpha value is -1.74. The van der Waals surface area contributed by atoms with Gasteiger partial charge in [-0.1, -0.05) is 30.3 Å². The van der Waals surface area contributed by atoms with Gasteiger partial charge in [0, 0.05) is 5.39 Å². The first kappa shape index (κ1) is 11.4. The lowest BCUT2D eigenvalue weighted by Crippen LogP contribution is -2.33. The molecule has 94 valence electrons. The number of hydrogen-bond donors (Lipinski definition) is 2. The van der Waals surface area contributed by atoms with Crippen molar-refractivity contribution in [3.8, 4) is 5.75 Å². The molecule has 2 N–H and O–H groups in total. The van der Waals surface area contributed by atoms with Gasteiger partial charge in [0.15, 0.2) is 0 Å². The van der Waals surface area contributed by atoms with Gasteiger partial charge in [0.05, 0.1) is 11.7 Å². The Morgan fingerprint density at radius 1 is 1.28 bits per heavy atom. The molecule has 0 radical (unpaired) electrons. The van der Waals surface area contributed by atoms with Crippen LogP contribution in [0.3, 0.4) is 0 Å². The summed E-state index contributed by atoms with van der Waals surface area (Å²) in [6.45, 7) is 1.74. The number of hydrogen-bond acceptors (Lipinski definition) is 3. The zero-order chi connectivity index (χ0) is 12.4. The van der Waals surface area contributed by atoms with Crippen LogP contribution in [0.1, 0.15) is 6.42 Å². The standard InChI is InChI=1S/C15H18N2O/c1-16-9-8-12-10-18-15-13-5-3-2-4-11(13)6-7-14(15)17-12/h2-7,12,16-17H,8-10H2,1H3. The fourth-order valence-electron chi connectivity index (χ4n) is 2.43. The van der Waals surface area contributed by atoms with Crippen molar-refractivity contribution in [3.05, 3.63) is 36.4 Å². The first-order valence-electron chi connectivity index (χ1n) is 6.44. The molecule has 0 saturated heterocycles. The summed E-state index contributed by atoms with van der Waals surface area (Å²) in [4.78, 5) is 0. The molecular formula is C15H18N2O. The third kappa shape index (κ3) is 2.02. The molecule has 1 aliphatic heterocycles. The quantitative estimate of drug-likeness (QED) is 0.868. The van der Waals surface area contributed by atoms with Crippen molar-refractivity contribution < 1.29 is 4.74 Å². The molecule has 0 amide bonds. The first-order valence-corrected chi connectivity index (χ1v) is 6.44. The summed E-state index contributed by atoms with van der Waals surface area (Å²) < 4.78 is 5.96. The molecule has 2 aromatic rings. The summed E-state index contributed by atoms with van der Waals surface area (Å²) in [7, 11) is 1.98. The van der Waals surface area contributed by atoms with E-state index in [1.54, 1.807) is 0 Å². The van der Waals surface area contributed by atoms with Gasteiger partial charge >= 0.3 is 0 Å². The van der Waals surface area contributed by atoms with Crippen molar-refractivity contribution in [3.63, 3.8) is 0 Å². The molecule has 3 rings (SSSR count). The molecular weight excluding hydrogens is 224 g/mol. The minimum atomic E-state index is 0.395. The molecule has 2 aromatic carbocycles. The zero-order valence-corrected chi connectivity index (χ0v) is 10.6. The Bertz CT molecular complexity index is 553. The predicted octanol–water partition coefficient (Wildman–Crippen LogP) is 2.62. The second-order valence-electron chi connectivity index (χ2n) is 4.71. The second kappa shape index (κ2) is 4.86. The van der Waals surface area contributed by atoms with Gasteiger partial charge in [-0.3, -0.25) is 0 Å². The fourth-order valence-corrected chi connectivity index (χ4v) is 2.43. The van der Waals surface area contributed by atoms with Gasteiger partial charge in [0.1, 0.15) is 12.4 Å². The lowest BCUT2D eigenvalue weighted by atomic mass is 10.1. The van der Waals surface area contributed by atoms with E-state index < -0.39 is 0 Å². The average Bonchev–Trinajstić information content (AvgIpc) is 2.44. The van der Waals surface area contributed by atoms with E-state index in [9.17, 15) is 0 Å². The maximum Gasteiger partial charge on any atom is 0.150 e. The summed E-state index contributed by atoms with van der Waals surface area (Å²) >= 11 is 0. The summed E-state index contributed by atoms with van der Waals surface area (Å²) in [5.74, 6) is 0.994. The Labute approximate surface area is 107 Å². The highest BCUT2D eigenvalue weighted by atomic mass is 16.5. The molecule has 1 heterocycles. The van der Waals surface area contributed by atoms with Gasteiger partial charge in [-0.25, -0.2) is 0 Å². The van der Waals surface area contributed by atoms with Crippen LogP contribution in [0.15, 0.2) is 36.4 Å². The number of benzene rings is 2. The van der Waals surface area contributed by atoms with Gasteiger partial charge in [-0.05, 0) is 31.5 Å². The Balaban J connectivity index is 1.91. The maximum absolute atomic E-state index is 5.96. The van der Waals surface area contributed by atoms with Crippen LogP contribution in [0.5, 0.6) is 5.75 Å². The van der Waals surface area contributed by atoms with Crippen molar-refractivity contribution in [1.29, 1.82) is 0 Å². The summed E-state index contributed by atoms with van der Waals surface area (Å²) in [5, 5.41) is 9.15. The molecule has 0 fully saturated rings. The number of fused-ring (bicyclic) bond motifs is 3. The van der Waals surface area contributed by atoms with E-state index in [0.29, 0.717) is 6.04 Å². The highest BCUT2D eigenvalue weighted by Crippen LogP contribution is 2.36. The smallest absolute Gasteiger partial charge is 0.150 e. The van der Waals surface area contributed by atoms with Gasteiger partial charge in [0.25, 0.3) is 0 Å². The number of nitrogens with one attached hydrogen (secondary N) is 2. The van der Waals surface area contributed by atoms with E-state index in [2.05, 4.69) is 47.0 Å². The fraction of sp³-hybridized carbons (Fsp3) is 0.333. The molecule has 3 heteroatoms. The molecule has 1 unspecified atom stereocenters. The number of ether oxygens (including phenoxy) is 1. The first-order chi connectivity index (χ1) is 8.88. The van der Waals surface area contributed by atoms with Gasteiger partial charge in [-0.15, -0.1) is 0 Å². The molecule has 0 saturated carbocycles. The van der Waals surface area contributed by atoms with Gasteiger partial charge in [0.2, 0.25) is 0 Å². The second-order valence-corrected chi connectivity index (χ2v) is 4.71. The lowest BCUT2D eigenvalue weighted by Gasteiger charge is -2.28. The largest absolute Gasteiger partial charge is 0.489 e. The Morgan fingerprint density at radius 2 is 2.17 bits per heavy atom. The van der Waals surface area contributed by atoms with E-state index in [-0.39, 0.29) is 0 Å². The monoisotopic (exact) mass is 242 g/mol. The van der Waals surface area contributed by atoms with Crippen molar-refractivity contribution in [2.45, 2.75) is 12.5 Å².